The third-order valence-electron chi connectivity index (χ3n) is 1.63. The fraction of sp³-hybridized carbons (Fsp3) is 0.375. The average molecular weight is 206 g/mol. The number of aryl methyl sites for hydroxylation is 1. The smallest absolute Gasteiger partial charge is 0.232 e. The molecular weight excluding hydrogens is 197 g/mol. The summed E-state index contributed by atoms with van der Waals surface area (Å²) >= 11 is 11.8. The Labute approximate surface area is 81.5 Å². The molecule has 1 rings (SSSR count). The van der Waals surface area contributed by atoms with Gasteiger partial charge >= 0.3 is 0 Å². The molecule has 0 saturated carbocycles. The molecule has 0 amide bonds. The first kappa shape index (κ1) is 9.62. The van der Waals surface area contributed by atoms with Crippen molar-refractivity contribution in [2.24, 2.45) is 0 Å². The minimum Gasteiger partial charge on any atom is -0.480 e. The highest BCUT2D eigenvalue weighted by Crippen LogP contribution is 2.32. The van der Waals surface area contributed by atoms with E-state index in [1.165, 1.54) is 7.11 Å². The Morgan fingerprint density at radius 2 is 1.75 bits per heavy atom. The van der Waals surface area contributed by atoms with Crippen molar-refractivity contribution >= 4 is 23.2 Å². The fourth-order valence-electron chi connectivity index (χ4n) is 0.914. The number of aromatic nitrogens is 1. The van der Waals surface area contributed by atoms with E-state index < -0.39 is 0 Å². The Hall–Kier alpha value is -0.470. The molecule has 0 atom stereocenters. The predicted molar refractivity (Wildman–Crippen MR) is 50.3 cm³/mol. The second-order valence-corrected chi connectivity index (χ2v) is 3.22. The van der Waals surface area contributed by atoms with Crippen molar-refractivity contribution in [3.8, 4) is 5.88 Å². The molecule has 0 aromatic carbocycles. The lowest BCUT2D eigenvalue weighted by molar-refractivity contribution is 0.397. The summed E-state index contributed by atoms with van der Waals surface area (Å²) in [5, 5.41) is 1.08. The van der Waals surface area contributed by atoms with Gasteiger partial charge in [-0.15, -0.1) is 0 Å². The van der Waals surface area contributed by atoms with Gasteiger partial charge in [-0.2, -0.15) is 0 Å². The number of hydrogen-bond acceptors (Lipinski definition) is 2. The summed E-state index contributed by atoms with van der Waals surface area (Å²) in [6, 6.07) is 0. The summed E-state index contributed by atoms with van der Waals surface area (Å²) in [7, 11) is 1.53. The number of methoxy groups -OCH3 is 1. The molecule has 0 radical (unpaired) electrons. The van der Waals surface area contributed by atoms with Gasteiger partial charge in [0.1, 0.15) is 5.02 Å². The molecule has 0 aliphatic rings. The minimum atomic E-state index is 0.427. The van der Waals surface area contributed by atoms with E-state index in [1.807, 2.05) is 13.8 Å². The normalized spacial score (nSPS) is 10.1. The molecular formula is C8H9Cl2NO. The van der Waals surface area contributed by atoms with E-state index in [4.69, 9.17) is 27.9 Å². The molecule has 0 unspecified atom stereocenters. The maximum atomic E-state index is 5.91. The van der Waals surface area contributed by atoms with Gasteiger partial charge in [-0.1, -0.05) is 23.2 Å². The first-order chi connectivity index (χ1) is 5.57. The van der Waals surface area contributed by atoms with Crippen LogP contribution in [0.15, 0.2) is 0 Å². The van der Waals surface area contributed by atoms with E-state index in [-0.39, 0.29) is 0 Å². The van der Waals surface area contributed by atoms with Crippen molar-refractivity contribution in [3.05, 3.63) is 21.3 Å². The van der Waals surface area contributed by atoms with E-state index in [0.717, 1.165) is 11.3 Å². The first-order valence-corrected chi connectivity index (χ1v) is 4.19. The summed E-state index contributed by atoms with van der Waals surface area (Å²) in [5.41, 5.74) is 1.54. The van der Waals surface area contributed by atoms with Crippen molar-refractivity contribution in [2.75, 3.05) is 7.11 Å². The van der Waals surface area contributed by atoms with E-state index in [1.54, 1.807) is 0 Å². The topological polar surface area (TPSA) is 22.1 Å². The van der Waals surface area contributed by atoms with E-state index >= 15 is 0 Å². The van der Waals surface area contributed by atoms with Crippen LogP contribution in [-0.2, 0) is 0 Å². The van der Waals surface area contributed by atoms with E-state index in [9.17, 15) is 0 Å². The van der Waals surface area contributed by atoms with Crippen molar-refractivity contribution in [3.63, 3.8) is 0 Å². The van der Waals surface area contributed by atoms with Gasteiger partial charge in [-0.3, -0.25) is 0 Å². The lowest BCUT2D eigenvalue weighted by Crippen LogP contribution is -1.94. The minimum absolute atomic E-state index is 0.427. The van der Waals surface area contributed by atoms with Gasteiger partial charge in [0, 0.05) is 0 Å². The van der Waals surface area contributed by atoms with Crippen LogP contribution in [0.25, 0.3) is 0 Å². The molecule has 0 spiro atoms. The molecule has 0 saturated heterocycles. The standard InChI is InChI=1S/C8H9Cl2NO/c1-4-6(9)5(2)11-8(12-3)7(4)10/h1-3H3. The zero-order valence-corrected chi connectivity index (χ0v) is 8.62. The molecule has 4 heteroatoms. The highest BCUT2D eigenvalue weighted by molar-refractivity contribution is 6.36. The van der Waals surface area contributed by atoms with Crippen LogP contribution in [0.1, 0.15) is 11.3 Å². The van der Waals surface area contributed by atoms with Crippen LogP contribution in [0, 0.1) is 13.8 Å². The SMILES string of the molecule is COc1nc(C)c(Cl)c(C)c1Cl. The van der Waals surface area contributed by atoms with Crippen LogP contribution in [0.3, 0.4) is 0 Å². The van der Waals surface area contributed by atoms with Crippen molar-refractivity contribution in [1.29, 1.82) is 0 Å². The molecule has 66 valence electrons. The summed E-state index contributed by atoms with van der Waals surface area (Å²) in [6.45, 7) is 3.65. The number of rotatable bonds is 1. The summed E-state index contributed by atoms with van der Waals surface area (Å²) in [4.78, 5) is 4.07. The first-order valence-electron chi connectivity index (χ1n) is 3.44. The Morgan fingerprint density at radius 1 is 1.17 bits per heavy atom. The van der Waals surface area contributed by atoms with E-state index in [2.05, 4.69) is 4.98 Å². The van der Waals surface area contributed by atoms with Crippen LogP contribution in [0.4, 0.5) is 0 Å². The van der Waals surface area contributed by atoms with Gasteiger partial charge in [-0.05, 0) is 19.4 Å². The molecule has 12 heavy (non-hydrogen) atoms. The third-order valence-corrected chi connectivity index (χ3v) is 2.63. The highest BCUT2D eigenvalue weighted by Gasteiger charge is 2.11. The summed E-state index contributed by atoms with van der Waals surface area (Å²) in [5.74, 6) is 0.427. The molecule has 0 N–H and O–H groups in total. The largest absolute Gasteiger partial charge is 0.480 e. The van der Waals surface area contributed by atoms with Gasteiger partial charge in [-0.25, -0.2) is 4.98 Å². The van der Waals surface area contributed by atoms with Gasteiger partial charge in [0.15, 0.2) is 0 Å². The van der Waals surface area contributed by atoms with Crippen molar-refractivity contribution in [2.45, 2.75) is 13.8 Å². The molecule has 1 aromatic rings. The zero-order valence-electron chi connectivity index (χ0n) is 7.11. The van der Waals surface area contributed by atoms with Gasteiger partial charge in [0.05, 0.1) is 17.8 Å². The molecule has 1 aromatic heterocycles. The van der Waals surface area contributed by atoms with E-state index in [0.29, 0.717) is 15.9 Å². The number of ether oxygens (including phenoxy) is 1. The Balaban J connectivity index is 3.39. The maximum Gasteiger partial charge on any atom is 0.232 e. The highest BCUT2D eigenvalue weighted by atomic mass is 35.5. The number of hydrogen-bond donors (Lipinski definition) is 0. The zero-order chi connectivity index (χ0) is 9.30. The molecule has 0 bridgehead atoms. The number of nitrogens with zero attached hydrogens (tertiary/aromatic N) is 1. The Morgan fingerprint density at radius 3 is 2.25 bits per heavy atom. The predicted octanol–water partition coefficient (Wildman–Crippen LogP) is 3.01. The van der Waals surface area contributed by atoms with Crippen LogP contribution in [0.2, 0.25) is 10.0 Å². The van der Waals surface area contributed by atoms with Crippen molar-refractivity contribution < 1.29 is 4.74 Å². The molecule has 2 nitrogen and oxygen atoms in total. The maximum absolute atomic E-state index is 5.91. The van der Waals surface area contributed by atoms with Crippen LogP contribution in [0.5, 0.6) is 5.88 Å². The Bertz CT molecular complexity index is 312. The summed E-state index contributed by atoms with van der Waals surface area (Å²) < 4.78 is 4.96. The molecule has 0 fully saturated rings. The lowest BCUT2D eigenvalue weighted by Gasteiger charge is -2.08. The monoisotopic (exact) mass is 205 g/mol. The quantitative estimate of drug-likeness (QED) is 0.704. The van der Waals surface area contributed by atoms with Gasteiger partial charge < -0.3 is 4.74 Å². The number of halogens is 2. The average Bonchev–Trinajstić information content (AvgIpc) is 2.08. The van der Waals surface area contributed by atoms with Crippen LogP contribution in [-0.4, -0.2) is 12.1 Å². The summed E-state index contributed by atoms with van der Waals surface area (Å²) in [6.07, 6.45) is 0. The third kappa shape index (κ3) is 1.50. The van der Waals surface area contributed by atoms with Crippen molar-refractivity contribution in [1.82, 2.24) is 4.98 Å². The second-order valence-electron chi connectivity index (χ2n) is 2.46. The van der Waals surface area contributed by atoms with Crippen LogP contribution < -0.4 is 4.74 Å². The molecule has 0 aliphatic heterocycles. The molecule has 0 aliphatic carbocycles. The Kier molecular flexibility index (Phi) is 2.80. The number of pyridine rings is 1. The van der Waals surface area contributed by atoms with Gasteiger partial charge in [0.2, 0.25) is 5.88 Å². The lowest BCUT2D eigenvalue weighted by atomic mass is 10.2. The fourth-order valence-corrected chi connectivity index (χ4v) is 1.31. The molecule has 1 heterocycles. The second kappa shape index (κ2) is 3.50. The van der Waals surface area contributed by atoms with Crippen LogP contribution >= 0.6 is 23.2 Å². The van der Waals surface area contributed by atoms with Gasteiger partial charge in [0.25, 0.3) is 0 Å².